The van der Waals surface area contributed by atoms with E-state index in [2.05, 4.69) is 17.1 Å². The van der Waals surface area contributed by atoms with Gasteiger partial charge in [-0.05, 0) is 23.8 Å². The van der Waals surface area contributed by atoms with Gasteiger partial charge in [0.25, 0.3) is 0 Å². The van der Waals surface area contributed by atoms with E-state index in [-0.39, 0.29) is 5.78 Å². The Bertz CT molecular complexity index is 732. The van der Waals surface area contributed by atoms with Gasteiger partial charge in [0.05, 0.1) is 10.0 Å². The third kappa shape index (κ3) is 3.25. The van der Waals surface area contributed by atoms with Gasteiger partial charge in [-0.3, -0.25) is 9.69 Å². The summed E-state index contributed by atoms with van der Waals surface area (Å²) in [5.74, 6) is -0.0266. The smallest absolute Gasteiger partial charge is 0.193 e. The van der Waals surface area contributed by atoms with Gasteiger partial charge in [-0.15, -0.1) is 0 Å². The summed E-state index contributed by atoms with van der Waals surface area (Å²) in [4.78, 5) is 15.0. The van der Waals surface area contributed by atoms with Crippen LogP contribution in [0, 0.1) is 0 Å². The molecule has 0 N–H and O–H groups in total. The zero-order valence-corrected chi connectivity index (χ0v) is 13.4. The van der Waals surface area contributed by atoms with Crippen LogP contribution < -0.4 is 0 Å². The molecule has 0 amide bonds. The van der Waals surface area contributed by atoms with Gasteiger partial charge >= 0.3 is 0 Å². The van der Waals surface area contributed by atoms with Crippen LogP contribution in [0.3, 0.4) is 0 Å². The molecule has 2 aromatic carbocycles. The molecule has 0 fully saturated rings. The lowest BCUT2D eigenvalue weighted by atomic mass is 9.98. The number of rotatable bonds is 4. The number of benzene rings is 2. The molecule has 112 valence electrons. The molecule has 1 heterocycles. The molecule has 22 heavy (non-hydrogen) atoms. The average molecular weight is 332 g/mol. The summed E-state index contributed by atoms with van der Waals surface area (Å²) >= 11 is 11.9. The molecule has 0 atom stereocenters. The Kier molecular flexibility index (Phi) is 4.63. The highest BCUT2D eigenvalue weighted by Crippen LogP contribution is 2.25. The Morgan fingerprint density at radius 3 is 2.45 bits per heavy atom. The van der Waals surface area contributed by atoms with E-state index < -0.39 is 0 Å². The lowest BCUT2D eigenvalue weighted by molar-refractivity contribution is 0.103. The quantitative estimate of drug-likeness (QED) is 0.603. The molecular weight excluding hydrogens is 317 g/mol. The van der Waals surface area contributed by atoms with E-state index in [4.69, 9.17) is 23.2 Å². The van der Waals surface area contributed by atoms with E-state index in [1.165, 1.54) is 0 Å². The van der Waals surface area contributed by atoms with Crippen molar-refractivity contribution >= 4 is 29.0 Å². The minimum atomic E-state index is -0.0266. The van der Waals surface area contributed by atoms with E-state index in [0.29, 0.717) is 21.2 Å². The van der Waals surface area contributed by atoms with Crippen molar-refractivity contribution < 1.29 is 4.79 Å². The van der Waals surface area contributed by atoms with Crippen LogP contribution in [0.2, 0.25) is 10.0 Å². The molecule has 2 nitrogen and oxygen atoms in total. The number of hydrogen-bond donors (Lipinski definition) is 0. The van der Waals surface area contributed by atoms with Crippen LogP contribution >= 0.6 is 23.2 Å². The second kappa shape index (κ2) is 6.66. The molecule has 3 rings (SSSR count). The van der Waals surface area contributed by atoms with E-state index in [0.717, 1.165) is 25.2 Å². The summed E-state index contributed by atoms with van der Waals surface area (Å²) in [7, 11) is 0. The van der Waals surface area contributed by atoms with Gasteiger partial charge in [0, 0.05) is 30.8 Å². The first-order valence-electron chi connectivity index (χ1n) is 7.10. The first kappa shape index (κ1) is 15.3. The molecule has 0 bridgehead atoms. The van der Waals surface area contributed by atoms with Crippen molar-refractivity contribution in [3.05, 3.63) is 81.4 Å². The highest BCUT2D eigenvalue weighted by Gasteiger charge is 2.16. The van der Waals surface area contributed by atoms with Gasteiger partial charge < -0.3 is 0 Å². The number of nitrogens with zero attached hydrogens (tertiary/aromatic N) is 1. The van der Waals surface area contributed by atoms with E-state index in [1.54, 1.807) is 18.2 Å². The van der Waals surface area contributed by atoms with Crippen LogP contribution in [0.1, 0.15) is 21.5 Å². The summed E-state index contributed by atoms with van der Waals surface area (Å²) in [6, 6.07) is 12.7. The van der Waals surface area contributed by atoms with E-state index >= 15 is 0 Å². The maximum absolute atomic E-state index is 12.8. The maximum atomic E-state index is 12.8. The zero-order chi connectivity index (χ0) is 15.5. The van der Waals surface area contributed by atoms with Crippen molar-refractivity contribution in [1.29, 1.82) is 0 Å². The molecular formula is C18H15Cl2NO. The summed E-state index contributed by atoms with van der Waals surface area (Å²) in [5.41, 5.74) is 2.30. The van der Waals surface area contributed by atoms with Gasteiger partial charge in [0.2, 0.25) is 0 Å². The molecule has 1 aliphatic rings. The molecule has 0 aromatic heterocycles. The fourth-order valence-electron chi connectivity index (χ4n) is 2.56. The van der Waals surface area contributed by atoms with Crippen LogP contribution in [0.25, 0.3) is 0 Å². The van der Waals surface area contributed by atoms with Gasteiger partial charge in [-0.25, -0.2) is 0 Å². The normalized spacial score (nSPS) is 14.5. The Morgan fingerprint density at radius 1 is 1.00 bits per heavy atom. The molecule has 2 aromatic rings. The highest BCUT2D eigenvalue weighted by atomic mass is 35.5. The van der Waals surface area contributed by atoms with Gasteiger partial charge in [0.15, 0.2) is 5.78 Å². The standard InChI is InChI=1S/C18H15Cl2NO/c19-16-8-7-13(11-17(16)20)18(22)15-6-2-1-5-14(15)12-21-9-3-4-10-21/h1-8,11H,9-10,12H2. The van der Waals surface area contributed by atoms with Crippen LogP contribution in [-0.2, 0) is 6.54 Å². The number of hydrogen-bond acceptors (Lipinski definition) is 2. The molecule has 0 aliphatic carbocycles. The molecule has 0 radical (unpaired) electrons. The van der Waals surface area contributed by atoms with Crippen LogP contribution in [0.5, 0.6) is 0 Å². The fourth-order valence-corrected chi connectivity index (χ4v) is 2.86. The Hall–Kier alpha value is -1.61. The first-order chi connectivity index (χ1) is 10.6. The minimum Gasteiger partial charge on any atom is -0.292 e. The number of halogens is 2. The topological polar surface area (TPSA) is 20.3 Å². The Balaban J connectivity index is 1.89. The molecule has 0 spiro atoms. The third-order valence-corrected chi connectivity index (χ3v) is 4.47. The minimum absolute atomic E-state index is 0.0266. The van der Waals surface area contributed by atoms with Crippen molar-refractivity contribution in [2.24, 2.45) is 0 Å². The predicted octanol–water partition coefficient (Wildman–Crippen LogP) is 4.60. The van der Waals surface area contributed by atoms with Crippen molar-refractivity contribution in [2.45, 2.75) is 6.54 Å². The second-order valence-corrected chi connectivity index (χ2v) is 6.10. The van der Waals surface area contributed by atoms with Crippen molar-refractivity contribution in [3.8, 4) is 0 Å². The maximum Gasteiger partial charge on any atom is 0.193 e. The third-order valence-electron chi connectivity index (χ3n) is 3.73. The highest BCUT2D eigenvalue weighted by molar-refractivity contribution is 6.42. The molecule has 0 saturated carbocycles. The van der Waals surface area contributed by atoms with E-state index in [1.807, 2.05) is 24.3 Å². The summed E-state index contributed by atoms with van der Waals surface area (Å²) in [6.45, 7) is 2.61. The lowest BCUT2D eigenvalue weighted by Crippen LogP contribution is -2.21. The SMILES string of the molecule is O=C(c1ccc(Cl)c(Cl)c1)c1ccccc1CN1CC=CC1. The Morgan fingerprint density at radius 2 is 1.73 bits per heavy atom. The van der Waals surface area contributed by atoms with Crippen LogP contribution in [0.4, 0.5) is 0 Å². The zero-order valence-electron chi connectivity index (χ0n) is 11.9. The number of ketones is 1. The summed E-state index contributed by atoms with van der Waals surface area (Å²) in [5, 5.41) is 0.850. The Labute approximate surface area is 140 Å². The number of carbonyl (C=O) groups excluding carboxylic acids is 1. The second-order valence-electron chi connectivity index (χ2n) is 5.28. The van der Waals surface area contributed by atoms with Crippen LogP contribution in [-0.4, -0.2) is 23.8 Å². The van der Waals surface area contributed by atoms with E-state index in [9.17, 15) is 4.79 Å². The number of carbonyl (C=O) groups is 1. The van der Waals surface area contributed by atoms with Crippen molar-refractivity contribution in [3.63, 3.8) is 0 Å². The summed E-state index contributed by atoms with van der Waals surface area (Å²) < 4.78 is 0. The summed E-state index contributed by atoms with van der Waals surface area (Å²) in [6.07, 6.45) is 4.28. The fraction of sp³-hybridized carbons (Fsp3) is 0.167. The predicted molar refractivity (Wildman–Crippen MR) is 90.8 cm³/mol. The lowest BCUT2D eigenvalue weighted by Gasteiger charge is -2.17. The monoisotopic (exact) mass is 331 g/mol. The molecule has 0 unspecified atom stereocenters. The first-order valence-corrected chi connectivity index (χ1v) is 7.86. The van der Waals surface area contributed by atoms with Crippen molar-refractivity contribution in [2.75, 3.05) is 13.1 Å². The van der Waals surface area contributed by atoms with Gasteiger partial charge in [-0.2, -0.15) is 0 Å². The molecule has 1 aliphatic heterocycles. The van der Waals surface area contributed by atoms with Crippen molar-refractivity contribution in [1.82, 2.24) is 4.90 Å². The largest absolute Gasteiger partial charge is 0.292 e. The van der Waals surface area contributed by atoms with Gasteiger partial charge in [-0.1, -0.05) is 59.6 Å². The molecule has 0 saturated heterocycles. The van der Waals surface area contributed by atoms with Gasteiger partial charge in [0.1, 0.15) is 0 Å². The molecule has 4 heteroatoms. The average Bonchev–Trinajstić information content (AvgIpc) is 3.03. The van der Waals surface area contributed by atoms with Crippen LogP contribution in [0.15, 0.2) is 54.6 Å².